The van der Waals surface area contributed by atoms with Crippen molar-refractivity contribution >= 4 is 16.7 Å². The van der Waals surface area contributed by atoms with E-state index >= 15 is 0 Å². The topological polar surface area (TPSA) is 40.7 Å². The number of aromatic amines is 1. The standard InChI is InChI=1S/C18H23N3/c1-18(2,3)17-20-14-8-7-12(10-16(14)21-17)19-15-9-11-5-4-6-13(11)15/h4,6-8,10-11,13,15,19H,5,9H2,1-3H3,(H,20,21). The van der Waals surface area contributed by atoms with Crippen molar-refractivity contribution < 1.29 is 0 Å². The van der Waals surface area contributed by atoms with Gasteiger partial charge in [-0.15, -0.1) is 0 Å². The third-order valence-electron chi connectivity index (χ3n) is 4.91. The smallest absolute Gasteiger partial charge is 0.112 e. The molecule has 0 bridgehead atoms. The molecule has 2 aromatic rings. The van der Waals surface area contributed by atoms with Gasteiger partial charge in [0.1, 0.15) is 5.82 Å². The second-order valence-corrected chi connectivity index (χ2v) is 7.56. The molecule has 3 nitrogen and oxygen atoms in total. The lowest BCUT2D eigenvalue weighted by atomic mass is 9.71. The first-order chi connectivity index (χ1) is 10.0. The van der Waals surface area contributed by atoms with Crippen molar-refractivity contribution in [2.75, 3.05) is 5.32 Å². The summed E-state index contributed by atoms with van der Waals surface area (Å²) in [4.78, 5) is 8.16. The zero-order valence-electron chi connectivity index (χ0n) is 13.0. The number of allylic oxidation sites excluding steroid dienone is 1. The van der Waals surface area contributed by atoms with Gasteiger partial charge in [-0.1, -0.05) is 32.9 Å². The molecule has 0 radical (unpaired) electrons. The van der Waals surface area contributed by atoms with Crippen LogP contribution < -0.4 is 5.32 Å². The van der Waals surface area contributed by atoms with Gasteiger partial charge in [-0.3, -0.25) is 0 Å². The van der Waals surface area contributed by atoms with Gasteiger partial charge < -0.3 is 10.3 Å². The van der Waals surface area contributed by atoms with Crippen LogP contribution in [0.3, 0.4) is 0 Å². The number of anilines is 1. The number of H-pyrrole nitrogens is 1. The van der Waals surface area contributed by atoms with E-state index in [0.29, 0.717) is 6.04 Å². The van der Waals surface area contributed by atoms with Gasteiger partial charge in [0.15, 0.2) is 0 Å². The predicted octanol–water partition coefficient (Wildman–Crippen LogP) is 4.24. The van der Waals surface area contributed by atoms with Gasteiger partial charge in [0, 0.05) is 23.1 Å². The summed E-state index contributed by atoms with van der Waals surface area (Å²) in [6, 6.07) is 7.08. The van der Waals surface area contributed by atoms with Crippen molar-refractivity contribution in [2.24, 2.45) is 11.8 Å². The summed E-state index contributed by atoms with van der Waals surface area (Å²) < 4.78 is 0. The van der Waals surface area contributed by atoms with Crippen molar-refractivity contribution in [3.63, 3.8) is 0 Å². The van der Waals surface area contributed by atoms with E-state index in [1.807, 2.05) is 0 Å². The second-order valence-electron chi connectivity index (χ2n) is 7.56. The van der Waals surface area contributed by atoms with Gasteiger partial charge in [0.2, 0.25) is 0 Å². The first-order valence-electron chi connectivity index (χ1n) is 7.94. The minimum absolute atomic E-state index is 0.0580. The molecule has 4 rings (SSSR count). The fourth-order valence-electron chi connectivity index (χ4n) is 3.55. The Morgan fingerprint density at radius 1 is 1.29 bits per heavy atom. The Hall–Kier alpha value is -1.77. The number of rotatable bonds is 2. The summed E-state index contributed by atoms with van der Waals surface area (Å²) in [5.41, 5.74) is 3.44. The molecule has 3 unspecified atom stereocenters. The molecule has 1 fully saturated rings. The highest BCUT2D eigenvalue weighted by Gasteiger charge is 2.40. The van der Waals surface area contributed by atoms with E-state index in [1.54, 1.807) is 0 Å². The van der Waals surface area contributed by atoms with Gasteiger partial charge in [-0.2, -0.15) is 0 Å². The number of nitrogens with one attached hydrogen (secondary N) is 2. The minimum atomic E-state index is 0.0580. The maximum atomic E-state index is 4.70. The van der Waals surface area contributed by atoms with Crippen molar-refractivity contribution in [3.8, 4) is 0 Å². The van der Waals surface area contributed by atoms with Gasteiger partial charge in [0.25, 0.3) is 0 Å². The SMILES string of the molecule is CC(C)(C)c1nc2ccc(NC3CC4CC=CC43)cc2[nH]1. The van der Waals surface area contributed by atoms with Gasteiger partial charge >= 0.3 is 0 Å². The van der Waals surface area contributed by atoms with E-state index in [2.05, 4.69) is 61.4 Å². The van der Waals surface area contributed by atoms with Gasteiger partial charge in [-0.05, 0) is 37.0 Å². The number of hydrogen-bond donors (Lipinski definition) is 2. The number of nitrogens with zero attached hydrogens (tertiary/aromatic N) is 1. The average Bonchev–Trinajstić information content (AvgIpc) is 2.98. The van der Waals surface area contributed by atoms with Crippen LogP contribution in [0.4, 0.5) is 5.69 Å². The second kappa shape index (κ2) is 4.36. The molecule has 0 amide bonds. The third-order valence-corrected chi connectivity index (χ3v) is 4.91. The molecule has 0 saturated heterocycles. The van der Waals surface area contributed by atoms with Gasteiger partial charge in [-0.25, -0.2) is 4.98 Å². The summed E-state index contributed by atoms with van der Waals surface area (Å²) in [6.07, 6.45) is 7.30. The van der Waals surface area contributed by atoms with Crippen LogP contribution in [0.5, 0.6) is 0 Å². The summed E-state index contributed by atoms with van der Waals surface area (Å²) in [6.45, 7) is 6.56. The van der Waals surface area contributed by atoms with Crippen LogP contribution >= 0.6 is 0 Å². The zero-order valence-corrected chi connectivity index (χ0v) is 13.0. The first-order valence-corrected chi connectivity index (χ1v) is 7.94. The maximum Gasteiger partial charge on any atom is 0.112 e. The van der Waals surface area contributed by atoms with Crippen LogP contribution in [0.1, 0.15) is 39.4 Å². The van der Waals surface area contributed by atoms with Crippen LogP contribution in [0.15, 0.2) is 30.4 Å². The van der Waals surface area contributed by atoms with Crippen LogP contribution in [0.2, 0.25) is 0 Å². The Bertz CT molecular complexity index is 705. The zero-order chi connectivity index (χ0) is 14.6. The van der Waals surface area contributed by atoms with Crippen molar-refractivity contribution in [1.82, 2.24) is 9.97 Å². The molecule has 0 spiro atoms. The van der Waals surface area contributed by atoms with Crippen LogP contribution in [0.25, 0.3) is 11.0 Å². The van der Waals surface area contributed by atoms with E-state index in [4.69, 9.17) is 4.98 Å². The minimum Gasteiger partial charge on any atom is -0.382 e. The van der Waals surface area contributed by atoms with Gasteiger partial charge in [0.05, 0.1) is 11.0 Å². The number of benzene rings is 1. The van der Waals surface area contributed by atoms with Crippen molar-refractivity contribution in [2.45, 2.75) is 45.1 Å². The molecule has 110 valence electrons. The molecule has 0 aliphatic heterocycles. The summed E-state index contributed by atoms with van der Waals surface area (Å²) in [7, 11) is 0. The lowest BCUT2D eigenvalue weighted by Gasteiger charge is -2.41. The third kappa shape index (κ3) is 2.15. The number of aromatic nitrogens is 2. The van der Waals surface area contributed by atoms with Crippen LogP contribution in [-0.2, 0) is 5.41 Å². The fraction of sp³-hybridized carbons (Fsp3) is 0.500. The first kappa shape index (κ1) is 12.9. The highest BCUT2D eigenvalue weighted by Crippen LogP contribution is 2.44. The summed E-state index contributed by atoms with van der Waals surface area (Å²) in [5, 5.41) is 3.69. The molecule has 1 aromatic carbocycles. The monoisotopic (exact) mass is 281 g/mol. The van der Waals surface area contributed by atoms with E-state index in [-0.39, 0.29) is 5.41 Å². The van der Waals surface area contributed by atoms with Crippen LogP contribution in [0, 0.1) is 11.8 Å². The largest absolute Gasteiger partial charge is 0.382 e. The highest BCUT2D eigenvalue weighted by atomic mass is 15.0. The highest BCUT2D eigenvalue weighted by molar-refractivity contribution is 5.79. The van der Waals surface area contributed by atoms with E-state index in [9.17, 15) is 0 Å². The maximum absolute atomic E-state index is 4.70. The molecule has 1 heterocycles. The normalized spacial score (nSPS) is 27.7. The fourth-order valence-corrected chi connectivity index (χ4v) is 3.55. The Morgan fingerprint density at radius 3 is 2.90 bits per heavy atom. The van der Waals surface area contributed by atoms with E-state index < -0.39 is 0 Å². The molecule has 3 atom stereocenters. The molecule has 1 saturated carbocycles. The Balaban J connectivity index is 1.57. The van der Waals surface area contributed by atoms with Crippen LogP contribution in [-0.4, -0.2) is 16.0 Å². The lowest BCUT2D eigenvalue weighted by Crippen LogP contribution is -2.43. The number of hydrogen-bond acceptors (Lipinski definition) is 2. The molecule has 21 heavy (non-hydrogen) atoms. The molecule has 1 aromatic heterocycles. The lowest BCUT2D eigenvalue weighted by molar-refractivity contribution is 0.218. The molecule has 2 aliphatic carbocycles. The molecule has 3 heteroatoms. The Labute approximate surface area is 125 Å². The van der Waals surface area contributed by atoms with Crippen molar-refractivity contribution in [1.29, 1.82) is 0 Å². The van der Waals surface area contributed by atoms with E-state index in [1.165, 1.54) is 18.5 Å². The average molecular weight is 281 g/mol. The summed E-state index contributed by atoms with van der Waals surface area (Å²) >= 11 is 0. The Kier molecular flexibility index (Phi) is 2.69. The molecular weight excluding hydrogens is 258 g/mol. The predicted molar refractivity (Wildman–Crippen MR) is 87.6 cm³/mol. The molecule has 2 aliphatic rings. The Morgan fingerprint density at radius 2 is 2.14 bits per heavy atom. The number of fused-ring (bicyclic) bond motifs is 2. The van der Waals surface area contributed by atoms with Crippen molar-refractivity contribution in [3.05, 3.63) is 36.2 Å². The molecular formula is C18H23N3. The quantitative estimate of drug-likeness (QED) is 0.808. The summed E-state index contributed by atoms with van der Waals surface area (Å²) in [5.74, 6) is 2.69. The number of imidazole rings is 1. The molecule has 2 N–H and O–H groups in total. The van der Waals surface area contributed by atoms with E-state index in [0.717, 1.165) is 28.7 Å².